The lowest BCUT2D eigenvalue weighted by atomic mass is 9.89. The number of hydrogen-bond donors (Lipinski definition) is 0. The van der Waals surface area contributed by atoms with Gasteiger partial charge >= 0.3 is 0 Å². The van der Waals surface area contributed by atoms with Crippen LogP contribution in [-0.4, -0.2) is 5.71 Å². The minimum atomic E-state index is 0.889. The molecule has 0 bridgehead atoms. The van der Waals surface area contributed by atoms with Crippen LogP contribution in [0.2, 0.25) is 0 Å². The molecule has 0 saturated heterocycles. The first-order valence-electron chi connectivity index (χ1n) is 6.44. The van der Waals surface area contributed by atoms with Gasteiger partial charge in [-0.15, -0.1) is 0 Å². The van der Waals surface area contributed by atoms with Crippen LogP contribution in [0, 0.1) is 5.92 Å². The molecule has 0 heterocycles. The minimum absolute atomic E-state index is 0.889. The molecule has 1 aliphatic rings. The highest BCUT2D eigenvalue weighted by atomic mass is 14.8. The first kappa shape index (κ1) is 11.4. The Morgan fingerprint density at radius 2 is 1.88 bits per heavy atom. The molecular formula is C15H21N. The van der Waals surface area contributed by atoms with Crippen LogP contribution in [0.3, 0.4) is 0 Å². The summed E-state index contributed by atoms with van der Waals surface area (Å²) in [7, 11) is 0. The Balaban J connectivity index is 2.16. The molecule has 0 aliphatic heterocycles. The molecule has 1 aliphatic carbocycles. The number of rotatable bonds is 2. The SMILES string of the molecule is CCc1ccccc1N=C1CCC(C)CC1. The lowest BCUT2D eigenvalue weighted by Gasteiger charge is -2.19. The highest BCUT2D eigenvalue weighted by Gasteiger charge is 2.13. The third kappa shape index (κ3) is 2.72. The molecule has 0 N–H and O–H groups in total. The van der Waals surface area contributed by atoms with E-state index >= 15 is 0 Å². The lowest BCUT2D eigenvalue weighted by molar-refractivity contribution is 0.483. The summed E-state index contributed by atoms with van der Waals surface area (Å²) >= 11 is 0. The fourth-order valence-corrected chi connectivity index (χ4v) is 2.30. The molecule has 1 heteroatoms. The van der Waals surface area contributed by atoms with Crippen LogP contribution in [0.25, 0.3) is 0 Å². The predicted molar refractivity (Wildman–Crippen MR) is 70.5 cm³/mol. The molecule has 0 amide bonds. The molecule has 86 valence electrons. The largest absolute Gasteiger partial charge is 0.258 e. The van der Waals surface area contributed by atoms with Crippen molar-refractivity contribution < 1.29 is 0 Å². The van der Waals surface area contributed by atoms with Crippen LogP contribution in [0.5, 0.6) is 0 Å². The smallest absolute Gasteiger partial charge is 0.0660 e. The van der Waals surface area contributed by atoms with Gasteiger partial charge < -0.3 is 0 Å². The van der Waals surface area contributed by atoms with Crippen molar-refractivity contribution in [2.24, 2.45) is 10.9 Å². The molecular weight excluding hydrogens is 194 g/mol. The van der Waals surface area contributed by atoms with E-state index in [0.29, 0.717) is 0 Å². The van der Waals surface area contributed by atoms with E-state index in [2.05, 4.69) is 38.1 Å². The van der Waals surface area contributed by atoms with Crippen molar-refractivity contribution in [3.05, 3.63) is 29.8 Å². The van der Waals surface area contributed by atoms with Gasteiger partial charge in [-0.25, -0.2) is 0 Å². The van der Waals surface area contributed by atoms with Gasteiger partial charge in [0.1, 0.15) is 0 Å². The number of aryl methyl sites for hydroxylation is 1. The summed E-state index contributed by atoms with van der Waals surface area (Å²) in [6, 6.07) is 8.52. The van der Waals surface area contributed by atoms with E-state index in [1.807, 2.05) is 0 Å². The van der Waals surface area contributed by atoms with Gasteiger partial charge in [0.05, 0.1) is 5.69 Å². The average Bonchev–Trinajstić information content (AvgIpc) is 2.33. The molecule has 1 saturated carbocycles. The van der Waals surface area contributed by atoms with Gasteiger partial charge in [0.15, 0.2) is 0 Å². The molecule has 2 rings (SSSR count). The zero-order valence-electron chi connectivity index (χ0n) is 10.4. The van der Waals surface area contributed by atoms with Crippen molar-refractivity contribution in [3.63, 3.8) is 0 Å². The van der Waals surface area contributed by atoms with Crippen molar-refractivity contribution in [2.75, 3.05) is 0 Å². The Kier molecular flexibility index (Phi) is 3.76. The van der Waals surface area contributed by atoms with Crippen LogP contribution in [0.1, 0.15) is 45.1 Å². The van der Waals surface area contributed by atoms with Gasteiger partial charge in [-0.3, -0.25) is 4.99 Å². The molecule has 16 heavy (non-hydrogen) atoms. The maximum absolute atomic E-state index is 4.84. The third-order valence-electron chi connectivity index (χ3n) is 3.50. The Labute approximate surface area is 98.6 Å². The van der Waals surface area contributed by atoms with Crippen LogP contribution in [0.15, 0.2) is 29.3 Å². The molecule has 0 unspecified atom stereocenters. The highest BCUT2D eigenvalue weighted by molar-refractivity contribution is 5.87. The molecule has 1 fully saturated rings. The van der Waals surface area contributed by atoms with Gasteiger partial charge in [-0.05, 0) is 49.7 Å². The maximum Gasteiger partial charge on any atom is 0.0660 e. The summed E-state index contributed by atoms with van der Waals surface area (Å²) in [4.78, 5) is 4.84. The zero-order chi connectivity index (χ0) is 11.4. The number of para-hydroxylation sites is 1. The van der Waals surface area contributed by atoms with Gasteiger partial charge in [0.2, 0.25) is 0 Å². The molecule has 0 spiro atoms. The lowest BCUT2D eigenvalue weighted by Crippen LogP contribution is -2.11. The van der Waals surface area contributed by atoms with Crippen molar-refractivity contribution >= 4 is 11.4 Å². The second-order valence-corrected chi connectivity index (χ2v) is 4.84. The molecule has 1 aromatic rings. The quantitative estimate of drug-likeness (QED) is 0.687. The standard InChI is InChI=1S/C15H21N/c1-3-13-6-4-5-7-15(13)16-14-10-8-12(2)9-11-14/h4-7,12H,3,8-11H2,1-2H3. The molecule has 1 nitrogen and oxygen atoms in total. The summed E-state index contributed by atoms with van der Waals surface area (Å²) in [5.74, 6) is 0.889. The molecule has 0 radical (unpaired) electrons. The first-order chi connectivity index (χ1) is 7.79. The molecule has 0 aromatic heterocycles. The Hall–Kier alpha value is -1.11. The topological polar surface area (TPSA) is 12.4 Å². The minimum Gasteiger partial charge on any atom is -0.258 e. The normalized spacial score (nSPS) is 20.9. The second-order valence-electron chi connectivity index (χ2n) is 4.84. The van der Waals surface area contributed by atoms with Crippen molar-refractivity contribution in [2.45, 2.75) is 46.0 Å². The Morgan fingerprint density at radius 3 is 2.56 bits per heavy atom. The number of nitrogens with zero attached hydrogens (tertiary/aromatic N) is 1. The van der Waals surface area contributed by atoms with Crippen LogP contribution in [-0.2, 0) is 6.42 Å². The summed E-state index contributed by atoms with van der Waals surface area (Å²) in [6.45, 7) is 4.54. The maximum atomic E-state index is 4.84. The van der Waals surface area contributed by atoms with Gasteiger partial charge in [-0.1, -0.05) is 32.0 Å². The van der Waals surface area contributed by atoms with Crippen LogP contribution < -0.4 is 0 Å². The van der Waals surface area contributed by atoms with E-state index in [1.165, 1.54) is 42.6 Å². The van der Waals surface area contributed by atoms with E-state index in [9.17, 15) is 0 Å². The number of hydrogen-bond acceptors (Lipinski definition) is 1. The first-order valence-corrected chi connectivity index (χ1v) is 6.44. The average molecular weight is 215 g/mol. The second kappa shape index (κ2) is 5.29. The fraction of sp³-hybridized carbons (Fsp3) is 0.533. The van der Waals surface area contributed by atoms with Crippen LogP contribution in [0.4, 0.5) is 5.69 Å². The van der Waals surface area contributed by atoms with E-state index < -0.39 is 0 Å². The summed E-state index contributed by atoms with van der Waals surface area (Å²) < 4.78 is 0. The summed E-state index contributed by atoms with van der Waals surface area (Å²) in [5, 5.41) is 0. The Bertz CT molecular complexity index is 369. The van der Waals surface area contributed by atoms with Gasteiger partial charge in [0.25, 0.3) is 0 Å². The van der Waals surface area contributed by atoms with Crippen molar-refractivity contribution in [3.8, 4) is 0 Å². The predicted octanol–water partition coefficient (Wildman–Crippen LogP) is 4.53. The van der Waals surface area contributed by atoms with Crippen LogP contribution >= 0.6 is 0 Å². The van der Waals surface area contributed by atoms with E-state index in [4.69, 9.17) is 4.99 Å². The summed E-state index contributed by atoms with van der Waals surface area (Å²) in [6.07, 6.45) is 6.09. The van der Waals surface area contributed by atoms with E-state index in [-0.39, 0.29) is 0 Å². The van der Waals surface area contributed by atoms with Gasteiger partial charge in [0, 0.05) is 5.71 Å². The monoisotopic (exact) mass is 215 g/mol. The van der Waals surface area contributed by atoms with E-state index in [1.54, 1.807) is 0 Å². The molecule has 0 atom stereocenters. The zero-order valence-corrected chi connectivity index (χ0v) is 10.4. The highest BCUT2D eigenvalue weighted by Crippen LogP contribution is 2.26. The fourth-order valence-electron chi connectivity index (χ4n) is 2.30. The molecule has 1 aromatic carbocycles. The summed E-state index contributed by atoms with van der Waals surface area (Å²) in [5.41, 5.74) is 3.96. The third-order valence-corrected chi connectivity index (χ3v) is 3.50. The number of benzene rings is 1. The van der Waals surface area contributed by atoms with Crippen molar-refractivity contribution in [1.82, 2.24) is 0 Å². The Morgan fingerprint density at radius 1 is 1.19 bits per heavy atom. The van der Waals surface area contributed by atoms with Gasteiger partial charge in [-0.2, -0.15) is 0 Å². The van der Waals surface area contributed by atoms with Crippen molar-refractivity contribution in [1.29, 1.82) is 0 Å². The number of aliphatic imine (C=N–C) groups is 1. The van der Waals surface area contributed by atoms with E-state index in [0.717, 1.165) is 12.3 Å².